The number of hydrogen-bond donors (Lipinski definition) is 1. The van der Waals surface area contributed by atoms with Gasteiger partial charge in [0.15, 0.2) is 5.00 Å². The van der Waals surface area contributed by atoms with Crippen molar-refractivity contribution in [2.75, 3.05) is 27.2 Å². The van der Waals surface area contributed by atoms with E-state index in [1.165, 1.54) is 25.7 Å². The van der Waals surface area contributed by atoms with Crippen molar-refractivity contribution in [2.45, 2.75) is 61.4 Å². The average molecular weight is 426 g/mol. The first-order valence-electron chi connectivity index (χ1n) is 10.6. The van der Waals surface area contributed by atoms with Gasteiger partial charge in [-0.05, 0) is 37.8 Å². The first-order valence-corrected chi connectivity index (χ1v) is 11.4. The predicted molar refractivity (Wildman–Crippen MR) is 117 cm³/mol. The molecule has 0 aromatic heterocycles. The van der Waals surface area contributed by atoms with Gasteiger partial charge < -0.3 is 10.2 Å². The number of benzene rings is 1. The van der Waals surface area contributed by atoms with Crippen molar-refractivity contribution < 1.29 is 4.79 Å². The summed E-state index contributed by atoms with van der Waals surface area (Å²) >= 11 is 13.9. The minimum atomic E-state index is -1.01. The highest BCUT2D eigenvalue weighted by Crippen LogP contribution is 2.45. The summed E-state index contributed by atoms with van der Waals surface area (Å²) in [6, 6.07) is 9.94. The molecule has 2 unspecified atom stereocenters. The number of likely N-dealkylation sites (N-methyl/N-ethyl adjacent to an activating group) is 2. The molecule has 0 spiro atoms. The van der Waals surface area contributed by atoms with Gasteiger partial charge in [-0.2, -0.15) is 0 Å². The maximum atomic E-state index is 13.6. The lowest BCUT2D eigenvalue weighted by Crippen LogP contribution is -2.59. The maximum absolute atomic E-state index is 13.6. The Morgan fingerprint density at radius 2 is 1.93 bits per heavy atom. The molecule has 1 saturated heterocycles. The molecule has 2 amide bonds. The Morgan fingerprint density at radius 1 is 1.25 bits per heavy atom. The number of rotatable bonds is 6. The molecular weight excluding hydrogens is 393 g/mol. The predicted octanol–water partition coefficient (Wildman–Crippen LogP) is 5.00. The van der Waals surface area contributed by atoms with E-state index in [2.05, 4.69) is 5.32 Å². The zero-order valence-electron chi connectivity index (χ0n) is 17.0. The molecule has 6 heteroatoms. The molecule has 0 bridgehead atoms. The Kier molecular flexibility index (Phi) is 7.52. The van der Waals surface area contributed by atoms with E-state index in [0.717, 1.165) is 31.4 Å². The summed E-state index contributed by atoms with van der Waals surface area (Å²) in [6.07, 6.45) is 7.89. The summed E-state index contributed by atoms with van der Waals surface area (Å²) in [5, 5.41) is 2.95. The molecule has 1 aromatic rings. The van der Waals surface area contributed by atoms with Crippen LogP contribution in [0.1, 0.15) is 50.5 Å². The number of alkyl halides is 2. The van der Waals surface area contributed by atoms with Crippen molar-refractivity contribution in [1.82, 2.24) is 15.1 Å². The summed E-state index contributed by atoms with van der Waals surface area (Å²) in [6.45, 7) is 1.41. The van der Waals surface area contributed by atoms with Gasteiger partial charge in [0.05, 0.1) is 5.38 Å². The Labute approximate surface area is 179 Å². The van der Waals surface area contributed by atoms with Gasteiger partial charge in [-0.1, -0.05) is 67.6 Å². The average Bonchev–Trinajstić information content (AvgIpc) is 3.22. The second-order valence-corrected chi connectivity index (χ2v) is 9.40. The van der Waals surface area contributed by atoms with Gasteiger partial charge in [-0.3, -0.25) is 4.90 Å². The van der Waals surface area contributed by atoms with Crippen LogP contribution in [0.3, 0.4) is 0 Å². The third-order valence-electron chi connectivity index (χ3n) is 6.43. The van der Waals surface area contributed by atoms with Crippen LogP contribution in [0.15, 0.2) is 30.3 Å². The molecule has 4 nitrogen and oxygen atoms in total. The fourth-order valence-corrected chi connectivity index (χ4v) is 5.58. The minimum Gasteiger partial charge on any atom is -0.323 e. The lowest BCUT2D eigenvalue weighted by Gasteiger charge is -2.48. The molecule has 2 fully saturated rings. The van der Waals surface area contributed by atoms with E-state index in [9.17, 15) is 4.79 Å². The van der Waals surface area contributed by atoms with E-state index in [1.54, 1.807) is 4.90 Å². The minimum absolute atomic E-state index is 0.0255. The van der Waals surface area contributed by atoms with E-state index in [-0.39, 0.29) is 17.5 Å². The highest BCUT2D eigenvalue weighted by atomic mass is 35.5. The Bertz CT molecular complexity index is 638. The van der Waals surface area contributed by atoms with Crippen LogP contribution in [0, 0.1) is 5.92 Å². The van der Waals surface area contributed by atoms with Gasteiger partial charge in [-0.25, -0.2) is 4.79 Å². The van der Waals surface area contributed by atoms with Crippen LogP contribution in [-0.2, 0) is 5.00 Å². The summed E-state index contributed by atoms with van der Waals surface area (Å²) in [5.74, 6) is 0.714. The molecule has 1 aliphatic carbocycles. The zero-order chi connectivity index (χ0) is 20.1. The molecule has 156 valence electrons. The zero-order valence-corrected chi connectivity index (χ0v) is 18.6. The van der Waals surface area contributed by atoms with Crippen molar-refractivity contribution in [3.8, 4) is 0 Å². The number of hydrogen-bond acceptors (Lipinski definition) is 2. The fourth-order valence-electron chi connectivity index (χ4n) is 4.79. The summed E-state index contributed by atoms with van der Waals surface area (Å²) < 4.78 is 0. The SMILES string of the molecule is CNC[C@H](CC1CCCC1)N(C)C(=O)N1CCCC(Cl)C1(Cl)c1ccccc1. The molecule has 1 heterocycles. The number of urea groups is 1. The van der Waals surface area contributed by atoms with Gasteiger partial charge in [0, 0.05) is 26.2 Å². The van der Waals surface area contributed by atoms with E-state index in [4.69, 9.17) is 23.2 Å². The lowest BCUT2D eigenvalue weighted by atomic mass is 9.93. The van der Waals surface area contributed by atoms with Gasteiger partial charge in [0.2, 0.25) is 0 Å². The van der Waals surface area contributed by atoms with Crippen LogP contribution in [-0.4, -0.2) is 54.4 Å². The molecule has 1 N–H and O–H groups in total. The van der Waals surface area contributed by atoms with Gasteiger partial charge in [0.25, 0.3) is 0 Å². The van der Waals surface area contributed by atoms with Crippen LogP contribution < -0.4 is 5.32 Å². The lowest BCUT2D eigenvalue weighted by molar-refractivity contribution is 0.0912. The third-order valence-corrected chi connectivity index (χ3v) is 7.76. The maximum Gasteiger partial charge on any atom is 0.321 e. The number of likely N-dealkylation sites (tertiary alicyclic amines) is 1. The monoisotopic (exact) mass is 425 g/mol. The normalized spacial score (nSPS) is 27.0. The van der Waals surface area contributed by atoms with E-state index >= 15 is 0 Å². The third kappa shape index (κ3) is 4.44. The Hall–Kier alpha value is -0.970. The number of amides is 2. The summed E-state index contributed by atoms with van der Waals surface area (Å²) in [7, 11) is 3.87. The number of halogens is 2. The Balaban J connectivity index is 1.82. The van der Waals surface area contributed by atoms with Gasteiger partial charge >= 0.3 is 6.03 Å². The number of carbonyl (C=O) groups is 1. The first kappa shape index (κ1) is 21.7. The van der Waals surface area contributed by atoms with Crippen LogP contribution >= 0.6 is 23.2 Å². The molecule has 3 rings (SSSR count). The fraction of sp³-hybridized carbons (Fsp3) is 0.682. The molecule has 28 heavy (non-hydrogen) atoms. The number of piperidine rings is 1. The van der Waals surface area contributed by atoms with Crippen LogP contribution in [0.2, 0.25) is 0 Å². The van der Waals surface area contributed by atoms with Crippen molar-refractivity contribution in [3.05, 3.63) is 35.9 Å². The second-order valence-electron chi connectivity index (χ2n) is 8.29. The molecule has 1 saturated carbocycles. The summed E-state index contributed by atoms with van der Waals surface area (Å²) in [5.41, 5.74) is 0.888. The standard InChI is InChI=1S/C22H33Cl2N3O/c1-25-16-19(15-17-9-6-7-10-17)26(2)21(28)27-14-8-13-20(23)22(27,24)18-11-4-3-5-12-18/h3-5,11-12,17,19-20,25H,6-10,13-16H2,1-2H3/t19-,20?,22?/m0/s1. The topological polar surface area (TPSA) is 35.6 Å². The smallest absolute Gasteiger partial charge is 0.321 e. The summed E-state index contributed by atoms with van der Waals surface area (Å²) in [4.78, 5) is 16.3. The van der Waals surface area contributed by atoms with Crippen molar-refractivity contribution in [1.29, 1.82) is 0 Å². The van der Waals surface area contributed by atoms with Gasteiger partial charge in [-0.15, -0.1) is 11.6 Å². The quantitative estimate of drug-likeness (QED) is 0.513. The van der Waals surface area contributed by atoms with Crippen LogP contribution in [0.25, 0.3) is 0 Å². The largest absolute Gasteiger partial charge is 0.323 e. The molecular formula is C22H33Cl2N3O. The number of nitrogens with one attached hydrogen (secondary N) is 1. The molecule has 2 aliphatic rings. The van der Waals surface area contributed by atoms with Crippen molar-refractivity contribution in [2.24, 2.45) is 5.92 Å². The number of carbonyl (C=O) groups excluding carboxylic acids is 1. The molecule has 1 aromatic carbocycles. The molecule has 0 radical (unpaired) electrons. The number of nitrogens with zero attached hydrogens (tertiary/aromatic N) is 2. The highest BCUT2D eigenvalue weighted by molar-refractivity contribution is 6.33. The van der Waals surface area contributed by atoms with Crippen molar-refractivity contribution in [3.63, 3.8) is 0 Å². The first-order chi connectivity index (χ1) is 13.5. The van der Waals surface area contributed by atoms with Crippen LogP contribution in [0.4, 0.5) is 4.79 Å². The Morgan fingerprint density at radius 3 is 2.57 bits per heavy atom. The van der Waals surface area contributed by atoms with Gasteiger partial charge in [0.1, 0.15) is 0 Å². The van der Waals surface area contributed by atoms with E-state index < -0.39 is 5.00 Å². The van der Waals surface area contributed by atoms with E-state index in [0.29, 0.717) is 12.5 Å². The molecule has 3 atom stereocenters. The highest BCUT2D eigenvalue weighted by Gasteiger charge is 2.49. The van der Waals surface area contributed by atoms with Crippen molar-refractivity contribution >= 4 is 29.2 Å². The van der Waals surface area contributed by atoms with E-state index in [1.807, 2.05) is 49.3 Å². The van der Waals surface area contributed by atoms with Crippen LogP contribution in [0.5, 0.6) is 0 Å². The molecule has 1 aliphatic heterocycles. The second kappa shape index (κ2) is 9.69.